The Kier molecular flexibility index (Phi) is 4.95. The van der Waals surface area contributed by atoms with Gasteiger partial charge in [0.2, 0.25) is 0 Å². The zero-order chi connectivity index (χ0) is 13.8. The van der Waals surface area contributed by atoms with E-state index in [0.29, 0.717) is 0 Å². The summed E-state index contributed by atoms with van der Waals surface area (Å²) < 4.78 is 6.73. The summed E-state index contributed by atoms with van der Waals surface area (Å²) in [6, 6.07) is 0. The fourth-order valence-electron chi connectivity index (χ4n) is 1.23. The molecule has 0 aromatic carbocycles. The monoisotopic (exact) mass is 270 g/mol. The Morgan fingerprint density at radius 1 is 1.50 bits per heavy atom. The Balaban J connectivity index is 2.60. The van der Waals surface area contributed by atoms with E-state index in [4.69, 9.17) is 4.74 Å². The maximum atomic E-state index is 12.0. The highest BCUT2D eigenvalue weighted by Gasteiger charge is 2.37. The van der Waals surface area contributed by atoms with Crippen LogP contribution in [0.2, 0.25) is 0 Å². The van der Waals surface area contributed by atoms with Gasteiger partial charge in [-0.1, -0.05) is 11.8 Å². The van der Waals surface area contributed by atoms with E-state index in [9.17, 15) is 9.59 Å². The first-order valence-electron chi connectivity index (χ1n) is 5.70. The molecule has 0 N–H and O–H groups in total. The van der Waals surface area contributed by atoms with Crippen molar-refractivity contribution in [3.8, 4) is 0 Å². The Bertz CT molecular complexity index is 440. The van der Waals surface area contributed by atoms with E-state index >= 15 is 0 Å². The van der Waals surface area contributed by atoms with Crippen LogP contribution in [0.4, 0.5) is 0 Å². The SMILES string of the molecule is CCOC(=O)C(C)(C)C(=O)CSc1nccn1C. The first-order valence-corrected chi connectivity index (χ1v) is 6.68. The Labute approximate surface area is 111 Å². The van der Waals surface area contributed by atoms with Crippen LogP contribution < -0.4 is 0 Å². The molecule has 0 amide bonds. The van der Waals surface area contributed by atoms with Crippen LogP contribution in [-0.4, -0.2) is 33.7 Å². The summed E-state index contributed by atoms with van der Waals surface area (Å²) >= 11 is 1.32. The van der Waals surface area contributed by atoms with E-state index in [-0.39, 0.29) is 18.1 Å². The van der Waals surface area contributed by atoms with Crippen molar-refractivity contribution in [1.82, 2.24) is 9.55 Å². The van der Waals surface area contributed by atoms with E-state index in [2.05, 4.69) is 4.98 Å². The molecule has 1 aromatic heterocycles. The third-order valence-electron chi connectivity index (χ3n) is 2.59. The molecule has 5 nitrogen and oxygen atoms in total. The predicted molar refractivity (Wildman–Crippen MR) is 69.4 cm³/mol. The van der Waals surface area contributed by atoms with Gasteiger partial charge >= 0.3 is 5.97 Å². The molecule has 0 aliphatic heterocycles. The third-order valence-corrected chi connectivity index (χ3v) is 3.65. The topological polar surface area (TPSA) is 61.2 Å². The van der Waals surface area contributed by atoms with Gasteiger partial charge in [0.15, 0.2) is 10.9 Å². The maximum Gasteiger partial charge on any atom is 0.319 e. The third kappa shape index (κ3) is 3.35. The fraction of sp³-hybridized carbons (Fsp3) is 0.583. The molecular weight excluding hydrogens is 252 g/mol. The normalized spacial score (nSPS) is 11.3. The molecule has 0 aliphatic carbocycles. The number of imidazole rings is 1. The number of rotatable bonds is 6. The molecule has 0 fully saturated rings. The predicted octanol–water partition coefficient (Wildman–Crippen LogP) is 1.67. The number of ketones is 1. The van der Waals surface area contributed by atoms with Gasteiger partial charge in [-0.15, -0.1) is 0 Å². The van der Waals surface area contributed by atoms with Crippen molar-refractivity contribution in [2.45, 2.75) is 25.9 Å². The van der Waals surface area contributed by atoms with Crippen LogP contribution in [0.1, 0.15) is 20.8 Å². The molecule has 1 heterocycles. The van der Waals surface area contributed by atoms with Crippen LogP contribution in [-0.2, 0) is 21.4 Å². The zero-order valence-corrected chi connectivity index (χ0v) is 11.9. The summed E-state index contributed by atoms with van der Waals surface area (Å²) in [5.74, 6) is -0.430. The highest BCUT2D eigenvalue weighted by molar-refractivity contribution is 7.99. The van der Waals surface area contributed by atoms with Crippen molar-refractivity contribution < 1.29 is 14.3 Å². The molecule has 0 bridgehead atoms. The van der Waals surface area contributed by atoms with Gasteiger partial charge < -0.3 is 9.30 Å². The summed E-state index contributed by atoms with van der Waals surface area (Å²) in [4.78, 5) is 27.8. The van der Waals surface area contributed by atoms with E-state index in [1.54, 1.807) is 27.0 Å². The lowest BCUT2D eigenvalue weighted by molar-refractivity contribution is -0.157. The van der Waals surface area contributed by atoms with E-state index in [1.165, 1.54) is 11.8 Å². The number of thioether (sulfide) groups is 1. The lowest BCUT2D eigenvalue weighted by Gasteiger charge is -2.20. The summed E-state index contributed by atoms with van der Waals surface area (Å²) in [6.07, 6.45) is 3.48. The molecule has 1 rings (SSSR count). The molecule has 1 aromatic rings. The van der Waals surface area contributed by atoms with Gasteiger partial charge in [-0.2, -0.15) is 0 Å². The zero-order valence-electron chi connectivity index (χ0n) is 11.1. The molecular formula is C12H18N2O3S. The van der Waals surface area contributed by atoms with Crippen LogP contribution in [0.3, 0.4) is 0 Å². The minimum atomic E-state index is -1.10. The lowest BCUT2D eigenvalue weighted by atomic mass is 9.89. The standard InChI is InChI=1S/C12H18N2O3S/c1-5-17-10(16)12(2,3)9(15)8-18-11-13-6-7-14(11)4/h6-7H,5,8H2,1-4H3. The second kappa shape index (κ2) is 6.04. The number of Topliss-reactive ketones (excluding diaryl/α,β-unsaturated/α-hetero) is 1. The molecule has 100 valence electrons. The first-order chi connectivity index (χ1) is 8.39. The fourth-order valence-corrected chi connectivity index (χ4v) is 2.25. The maximum absolute atomic E-state index is 12.0. The summed E-state index contributed by atoms with van der Waals surface area (Å²) in [5, 5.41) is 0.753. The van der Waals surface area contributed by atoms with Crippen molar-refractivity contribution in [1.29, 1.82) is 0 Å². The second-order valence-corrected chi connectivity index (χ2v) is 5.32. The van der Waals surface area contributed by atoms with Crippen LogP contribution in [0.15, 0.2) is 17.6 Å². The molecule has 6 heteroatoms. The Morgan fingerprint density at radius 3 is 2.67 bits per heavy atom. The van der Waals surface area contributed by atoms with Crippen LogP contribution in [0.5, 0.6) is 0 Å². The molecule has 0 unspecified atom stereocenters. The number of carbonyl (C=O) groups excluding carboxylic acids is 2. The van der Waals surface area contributed by atoms with Crippen molar-refractivity contribution in [3.05, 3.63) is 12.4 Å². The Hall–Kier alpha value is -1.30. The van der Waals surface area contributed by atoms with Crippen molar-refractivity contribution in [2.24, 2.45) is 12.5 Å². The van der Waals surface area contributed by atoms with Crippen molar-refractivity contribution in [3.63, 3.8) is 0 Å². The summed E-state index contributed by atoms with van der Waals surface area (Å²) in [5.41, 5.74) is -1.10. The average molecular weight is 270 g/mol. The Morgan fingerprint density at radius 2 is 2.17 bits per heavy atom. The lowest BCUT2D eigenvalue weighted by Crippen LogP contribution is -2.36. The minimum Gasteiger partial charge on any atom is -0.465 e. The quantitative estimate of drug-likeness (QED) is 0.447. The number of carbonyl (C=O) groups is 2. The number of hydrogen-bond donors (Lipinski definition) is 0. The molecule has 0 saturated heterocycles. The van der Waals surface area contributed by atoms with E-state index in [0.717, 1.165) is 5.16 Å². The second-order valence-electron chi connectivity index (χ2n) is 4.38. The van der Waals surface area contributed by atoms with Crippen LogP contribution >= 0.6 is 11.8 Å². The molecule has 0 spiro atoms. The highest BCUT2D eigenvalue weighted by Crippen LogP contribution is 2.24. The molecule has 0 aliphatic rings. The van der Waals surface area contributed by atoms with Gasteiger partial charge in [-0.25, -0.2) is 4.98 Å². The highest BCUT2D eigenvalue weighted by atomic mass is 32.2. The number of nitrogens with zero attached hydrogens (tertiary/aromatic N) is 2. The van der Waals surface area contributed by atoms with E-state index < -0.39 is 11.4 Å². The number of hydrogen-bond acceptors (Lipinski definition) is 5. The largest absolute Gasteiger partial charge is 0.465 e. The molecule has 0 radical (unpaired) electrons. The van der Waals surface area contributed by atoms with Gasteiger partial charge in [0.1, 0.15) is 5.41 Å². The molecule has 0 atom stereocenters. The van der Waals surface area contributed by atoms with Gasteiger partial charge in [0, 0.05) is 19.4 Å². The smallest absolute Gasteiger partial charge is 0.319 e. The van der Waals surface area contributed by atoms with Gasteiger partial charge in [-0.05, 0) is 20.8 Å². The average Bonchev–Trinajstić information content (AvgIpc) is 2.72. The summed E-state index contributed by atoms with van der Waals surface area (Å²) in [6.45, 7) is 5.18. The number of aromatic nitrogens is 2. The van der Waals surface area contributed by atoms with Gasteiger partial charge in [0.25, 0.3) is 0 Å². The van der Waals surface area contributed by atoms with Crippen LogP contribution in [0, 0.1) is 5.41 Å². The molecule has 0 saturated carbocycles. The number of aryl methyl sites for hydroxylation is 1. The number of ether oxygens (including phenoxy) is 1. The molecule has 18 heavy (non-hydrogen) atoms. The van der Waals surface area contributed by atoms with Crippen LogP contribution in [0.25, 0.3) is 0 Å². The first kappa shape index (κ1) is 14.8. The minimum absolute atomic E-state index is 0.158. The summed E-state index contributed by atoms with van der Waals surface area (Å²) in [7, 11) is 1.86. The van der Waals surface area contributed by atoms with E-state index in [1.807, 2.05) is 17.8 Å². The number of esters is 1. The van der Waals surface area contributed by atoms with Gasteiger partial charge in [0.05, 0.1) is 12.4 Å². The van der Waals surface area contributed by atoms with Crippen molar-refractivity contribution >= 4 is 23.5 Å². The van der Waals surface area contributed by atoms with Gasteiger partial charge in [-0.3, -0.25) is 9.59 Å². The van der Waals surface area contributed by atoms with Crippen molar-refractivity contribution in [2.75, 3.05) is 12.4 Å².